The fourth-order valence-corrected chi connectivity index (χ4v) is 2.49. The number of aromatic nitrogens is 2. The zero-order chi connectivity index (χ0) is 14.7. The predicted molar refractivity (Wildman–Crippen MR) is 84.1 cm³/mol. The van der Waals surface area contributed by atoms with Crippen molar-refractivity contribution in [3.8, 4) is 6.07 Å². The first-order chi connectivity index (χ1) is 10.3. The van der Waals surface area contributed by atoms with Crippen molar-refractivity contribution in [2.24, 2.45) is 7.05 Å². The van der Waals surface area contributed by atoms with Gasteiger partial charge in [-0.05, 0) is 24.1 Å². The molecule has 1 N–H and O–H groups in total. The lowest BCUT2D eigenvalue weighted by molar-refractivity contribution is 0.767. The highest BCUT2D eigenvalue weighted by Gasteiger charge is 2.05. The molecule has 0 saturated carbocycles. The second kappa shape index (κ2) is 5.68. The Morgan fingerprint density at radius 2 is 2.00 bits per heavy atom. The summed E-state index contributed by atoms with van der Waals surface area (Å²) in [7, 11) is 1.92. The lowest BCUT2D eigenvalue weighted by atomic mass is 10.0. The molecule has 104 valence electrons. The number of hydrogen-bond acceptors (Lipinski definition) is 3. The van der Waals surface area contributed by atoms with Crippen LogP contribution in [0.15, 0.2) is 48.8 Å². The van der Waals surface area contributed by atoms with Gasteiger partial charge in [0.05, 0.1) is 17.8 Å². The summed E-state index contributed by atoms with van der Waals surface area (Å²) in [6.45, 7) is 0.835. The molecule has 3 aromatic rings. The van der Waals surface area contributed by atoms with E-state index in [0.717, 1.165) is 29.4 Å². The van der Waals surface area contributed by atoms with Crippen molar-refractivity contribution in [3.63, 3.8) is 0 Å². The number of nitriles is 1. The molecule has 0 fully saturated rings. The summed E-state index contributed by atoms with van der Waals surface area (Å²) >= 11 is 0. The number of rotatable bonds is 4. The van der Waals surface area contributed by atoms with E-state index in [1.165, 1.54) is 5.56 Å². The predicted octanol–water partition coefficient (Wildman–Crippen LogP) is 3.10. The van der Waals surface area contributed by atoms with Crippen LogP contribution in [0.4, 0.5) is 5.69 Å². The largest absolute Gasteiger partial charge is 0.384 e. The summed E-state index contributed by atoms with van der Waals surface area (Å²) in [4.78, 5) is 0. The van der Waals surface area contributed by atoms with E-state index >= 15 is 0 Å². The van der Waals surface area contributed by atoms with Gasteiger partial charge in [-0.1, -0.05) is 24.3 Å². The van der Waals surface area contributed by atoms with Gasteiger partial charge in [-0.15, -0.1) is 0 Å². The zero-order valence-corrected chi connectivity index (χ0v) is 11.9. The number of hydrogen-bond donors (Lipinski definition) is 1. The Bertz CT molecular complexity index is 811. The second-order valence-corrected chi connectivity index (χ2v) is 5.02. The highest BCUT2D eigenvalue weighted by molar-refractivity contribution is 5.97. The summed E-state index contributed by atoms with van der Waals surface area (Å²) in [6, 6.07) is 14.1. The van der Waals surface area contributed by atoms with Crippen molar-refractivity contribution in [3.05, 3.63) is 59.9 Å². The highest BCUT2D eigenvalue weighted by Crippen LogP contribution is 2.26. The van der Waals surface area contributed by atoms with Crippen LogP contribution >= 0.6 is 0 Å². The minimum atomic E-state index is 0.711. The Balaban J connectivity index is 1.80. The van der Waals surface area contributed by atoms with E-state index in [4.69, 9.17) is 0 Å². The van der Waals surface area contributed by atoms with Crippen LogP contribution in [-0.2, 0) is 13.5 Å². The van der Waals surface area contributed by atoms with Crippen LogP contribution < -0.4 is 5.32 Å². The van der Waals surface area contributed by atoms with Crippen LogP contribution in [-0.4, -0.2) is 16.3 Å². The third-order valence-corrected chi connectivity index (χ3v) is 3.53. The maximum Gasteiger partial charge on any atom is 0.0998 e. The number of aryl methyl sites for hydroxylation is 1. The van der Waals surface area contributed by atoms with Gasteiger partial charge in [0.2, 0.25) is 0 Å². The topological polar surface area (TPSA) is 53.6 Å². The normalized spacial score (nSPS) is 10.5. The van der Waals surface area contributed by atoms with Gasteiger partial charge in [-0.3, -0.25) is 4.68 Å². The van der Waals surface area contributed by atoms with Gasteiger partial charge in [-0.25, -0.2) is 0 Å². The first kappa shape index (κ1) is 13.2. The van der Waals surface area contributed by atoms with Gasteiger partial charge in [0.1, 0.15) is 0 Å². The quantitative estimate of drug-likeness (QED) is 0.796. The fraction of sp³-hybridized carbons (Fsp3) is 0.176. The van der Waals surface area contributed by atoms with Crippen molar-refractivity contribution >= 4 is 16.5 Å². The summed E-state index contributed by atoms with van der Waals surface area (Å²) in [5.74, 6) is 0. The monoisotopic (exact) mass is 276 g/mol. The first-order valence-corrected chi connectivity index (χ1v) is 6.91. The summed E-state index contributed by atoms with van der Waals surface area (Å²) < 4.78 is 1.81. The molecule has 0 unspecified atom stereocenters. The average Bonchev–Trinajstić information content (AvgIpc) is 2.93. The summed E-state index contributed by atoms with van der Waals surface area (Å²) in [5.41, 5.74) is 2.99. The Kier molecular flexibility index (Phi) is 3.57. The molecule has 1 aromatic heterocycles. The van der Waals surface area contributed by atoms with E-state index in [1.54, 1.807) is 0 Å². The lowest BCUT2D eigenvalue weighted by Crippen LogP contribution is -2.05. The van der Waals surface area contributed by atoms with Crippen LogP contribution in [0.3, 0.4) is 0 Å². The van der Waals surface area contributed by atoms with Crippen LogP contribution in [0.5, 0.6) is 0 Å². The average molecular weight is 276 g/mol. The van der Waals surface area contributed by atoms with Crippen LogP contribution in [0.25, 0.3) is 10.8 Å². The molecular formula is C17H16N4. The van der Waals surface area contributed by atoms with E-state index in [0.29, 0.717) is 5.56 Å². The third-order valence-electron chi connectivity index (χ3n) is 3.53. The number of nitrogens with zero attached hydrogens (tertiary/aromatic N) is 3. The van der Waals surface area contributed by atoms with Gasteiger partial charge >= 0.3 is 0 Å². The van der Waals surface area contributed by atoms with E-state index in [-0.39, 0.29) is 0 Å². The Labute approximate surface area is 123 Å². The fourth-order valence-electron chi connectivity index (χ4n) is 2.49. The Morgan fingerprint density at radius 3 is 2.71 bits per heavy atom. The highest BCUT2D eigenvalue weighted by atomic mass is 15.2. The molecule has 0 atom stereocenters. The number of benzene rings is 2. The van der Waals surface area contributed by atoms with Gasteiger partial charge in [0, 0.05) is 36.2 Å². The smallest absolute Gasteiger partial charge is 0.0998 e. The molecule has 0 bridgehead atoms. The van der Waals surface area contributed by atoms with Crippen molar-refractivity contribution in [2.45, 2.75) is 6.42 Å². The number of nitrogens with one attached hydrogen (secondary N) is 1. The molecule has 21 heavy (non-hydrogen) atoms. The van der Waals surface area contributed by atoms with E-state index in [9.17, 15) is 5.26 Å². The minimum absolute atomic E-state index is 0.711. The lowest BCUT2D eigenvalue weighted by Gasteiger charge is -2.10. The van der Waals surface area contributed by atoms with Crippen LogP contribution in [0, 0.1) is 11.3 Å². The van der Waals surface area contributed by atoms with Crippen LogP contribution in [0.2, 0.25) is 0 Å². The molecule has 4 heteroatoms. The molecule has 0 spiro atoms. The maximum absolute atomic E-state index is 9.17. The van der Waals surface area contributed by atoms with Gasteiger partial charge < -0.3 is 5.32 Å². The maximum atomic E-state index is 9.17. The molecule has 0 aliphatic heterocycles. The minimum Gasteiger partial charge on any atom is -0.384 e. The van der Waals surface area contributed by atoms with Crippen molar-refractivity contribution in [1.82, 2.24) is 9.78 Å². The molecule has 0 radical (unpaired) electrons. The SMILES string of the molecule is Cn1cc(CCNc2ccc(C#N)c3ccccc23)cn1. The summed E-state index contributed by atoms with van der Waals surface area (Å²) in [6.07, 6.45) is 4.83. The third kappa shape index (κ3) is 2.72. The molecule has 4 nitrogen and oxygen atoms in total. The van der Waals surface area contributed by atoms with Crippen molar-refractivity contribution in [2.75, 3.05) is 11.9 Å². The molecule has 0 aliphatic rings. The molecule has 0 aliphatic carbocycles. The van der Waals surface area contributed by atoms with Crippen molar-refractivity contribution in [1.29, 1.82) is 5.26 Å². The molecule has 0 amide bonds. The number of fused-ring (bicyclic) bond motifs is 1. The van der Waals surface area contributed by atoms with Crippen molar-refractivity contribution < 1.29 is 0 Å². The van der Waals surface area contributed by atoms with E-state index in [1.807, 2.05) is 60.5 Å². The molecular weight excluding hydrogens is 260 g/mol. The van der Waals surface area contributed by atoms with E-state index < -0.39 is 0 Å². The standard InChI is InChI=1S/C17H16N4/c1-21-12-13(11-20-21)8-9-19-17-7-6-14(10-18)15-4-2-3-5-16(15)17/h2-7,11-12,19H,8-9H2,1H3. The first-order valence-electron chi connectivity index (χ1n) is 6.91. The summed E-state index contributed by atoms with van der Waals surface area (Å²) in [5, 5.41) is 18.9. The molecule has 1 heterocycles. The van der Waals surface area contributed by atoms with Gasteiger partial charge in [0.15, 0.2) is 0 Å². The van der Waals surface area contributed by atoms with Gasteiger partial charge in [0.25, 0.3) is 0 Å². The molecule has 3 rings (SSSR count). The molecule has 0 saturated heterocycles. The second-order valence-electron chi connectivity index (χ2n) is 5.02. The van der Waals surface area contributed by atoms with Crippen LogP contribution in [0.1, 0.15) is 11.1 Å². The zero-order valence-electron chi connectivity index (χ0n) is 11.9. The van der Waals surface area contributed by atoms with E-state index in [2.05, 4.69) is 16.5 Å². The Morgan fingerprint density at radius 1 is 1.19 bits per heavy atom. The Hall–Kier alpha value is -2.80. The number of anilines is 1. The van der Waals surface area contributed by atoms with Gasteiger partial charge in [-0.2, -0.15) is 10.4 Å². The molecule has 2 aromatic carbocycles.